The van der Waals surface area contributed by atoms with Crippen molar-refractivity contribution < 1.29 is 51.3 Å². The van der Waals surface area contributed by atoms with Gasteiger partial charge in [0.25, 0.3) is 0 Å². The summed E-state index contributed by atoms with van der Waals surface area (Å²) in [7, 11) is -1.14. The molecule has 0 amide bonds. The van der Waals surface area contributed by atoms with Crippen LogP contribution in [0.1, 0.15) is 26.2 Å². The minimum atomic E-state index is -2.60. The minimum Gasteiger partial charge on any atom is -0.459 e. The summed E-state index contributed by atoms with van der Waals surface area (Å²) < 4.78 is 50.4. The Morgan fingerprint density at radius 1 is 1.03 bits per heavy atom. The Balaban J connectivity index is 1.27. The van der Waals surface area contributed by atoms with Gasteiger partial charge in [-0.3, -0.25) is 9.59 Å². The van der Waals surface area contributed by atoms with Crippen molar-refractivity contribution in [2.24, 2.45) is 35.5 Å². The first-order chi connectivity index (χ1) is 16.6. The van der Waals surface area contributed by atoms with E-state index in [4.69, 9.17) is 23.7 Å². The number of carbonyl (C=O) groups is 4. The third-order valence-electron chi connectivity index (χ3n) is 8.37. The molecule has 5 rings (SSSR count). The Hall–Kier alpha value is -2.47. The average Bonchev–Trinajstić information content (AvgIpc) is 3.58. The molecule has 11 nitrogen and oxygen atoms in total. The molecule has 11 unspecified atom stereocenters. The second-order valence-corrected chi connectivity index (χ2v) is 11.4. The Morgan fingerprint density at radius 2 is 1.77 bits per heavy atom. The van der Waals surface area contributed by atoms with Crippen molar-refractivity contribution in [3.05, 3.63) is 12.2 Å². The maximum absolute atomic E-state index is 13.4. The topological polar surface area (TPSA) is 149 Å². The van der Waals surface area contributed by atoms with E-state index in [1.165, 1.54) is 14.0 Å². The summed E-state index contributed by atoms with van der Waals surface area (Å²) in [4.78, 5) is 49.8. The number of ether oxygens (including phenoxy) is 5. The number of esters is 4. The molecule has 0 aromatic heterocycles. The van der Waals surface area contributed by atoms with Gasteiger partial charge in [-0.15, -0.1) is 0 Å². The molecule has 1 saturated heterocycles. The van der Waals surface area contributed by atoms with E-state index in [0.29, 0.717) is 19.3 Å². The van der Waals surface area contributed by atoms with Crippen LogP contribution in [0, 0.1) is 35.5 Å². The third kappa shape index (κ3) is 3.85. The van der Waals surface area contributed by atoms with Gasteiger partial charge in [0.15, 0.2) is 6.61 Å². The van der Waals surface area contributed by atoms with Crippen molar-refractivity contribution in [2.45, 2.75) is 55.9 Å². The fourth-order valence-corrected chi connectivity index (χ4v) is 8.10. The van der Waals surface area contributed by atoms with Crippen LogP contribution in [0.4, 0.5) is 0 Å². The van der Waals surface area contributed by atoms with Gasteiger partial charge in [0.05, 0.1) is 23.2 Å². The zero-order chi connectivity index (χ0) is 25.2. The molecule has 4 bridgehead atoms. The van der Waals surface area contributed by atoms with E-state index < -0.39 is 88.6 Å². The van der Waals surface area contributed by atoms with Gasteiger partial charge in [0.2, 0.25) is 0 Å². The van der Waals surface area contributed by atoms with Crippen molar-refractivity contribution >= 4 is 34.6 Å². The number of hydrogen-bond acceptors (Lipinski definition) is 11. The first kappa shape index (κ1) is 24.2. The highest BCUT2D eigenvalue weighted by Crippen LogP contribution is 2.59. The largest absolute Gasteiger partial charge is 0.459 e. The van der Waals surface area contributed by atoms with Crippen LogP contribution >= 0.6 is 0 Å². The van der Waals surface area contributed by atoms with Crippen LogP contribution in [0.3, 0.4) is 0 Å². The van der Waals surface area contributed by atoms with Gasteiger partial charge >= 0.3 is 23.9 Å². The van der Waals surface area contributed by atoms with E-state index in [-0.39, 0.29) is 23.3 Å². The van der Waals surface area contributed by atoms with Crippen LogP contribution in [0.2, 0.25) is 0 Å². The zero-order valence-electron chi connectivity index (χ0n) is 19.3. The number of rotatable bonds is 8. The molecule has 1 heterocycles. The van der Waals surface area contributed by atoms with Crippen LogP contribution < -0.4 is 0 Å². The summed E-state index contributed by atoms with van der Waals surface area (Å²) in [5, 5.41) is -0.495. The Kier molecular flexibility index (Phi) is 6.15. The van der Waals surface area contributed by atoms with Crippen LogP contribution in [0.5, 0.6) is 0 Å². The van der Waals surface area contributed by atoms with Crippen molar-refractivity contribution in [3.63, 3.8) is 0 Å². The van der Waals surface area contributed by atoms with Gasteiger partial charge in [-0.1, -0.05) is 6.58 Å². The zero-order valence-corrected chi connectivity index (χ0v) is 20.2. The lowest BCUT2D eigenvalue weighted by Crippen LogP contribution is -2.48. The molecule has 4 saturated carbocycles. The van der Waals surface area contributed by atoms with Crippen molar-refractivity contribution in [3.8, 4) is 0 Å². The van der Waals surface area contributed by atoms with Crippen molar-refractivity contribution in [1.82, 2.24) is 0 Å². The maximum Gasteiger partial charge on any atom is 0.344 e. The van der Waals surface area contributed by atoms with E-state index in [1.54, 1.807) is 0 Å². The number of methoxy groups -OCH3 is 1. The maximum atomic E-state index is 13.4. The molecular weight excluding hydrogens is 484 g/mol. The molecule has 0 spiro atoms. The predicted octanol–water partition coefficient (Wildman–Crippen LogP) is -0.228. The Labute approximate surface area is 203 Å². The highest BCUT2D eigenvalue weighted by atomic mass is 32.2. The summed E-state index contributed by atoms with van der Waals surface area (Å²) >= 11 is 0. The first-order valence-electron chi connectivity index (χ1n) is 11.7. The highest BCUT2D eigenvalue weighted by Gasteiger charge is 2.70. The first-order valence-corrected chi connectivity index (χ1v) is 13.0. The van der Waals surface area contributed by atoms with E-state index in [0.717, 1.165) is 0 Å². The smallest absolute Gasteiger partial charge is 0.344 e. The number of thiol groups is 1. The van der Waals surface area contributed by atoms with Gasteiger partial charge < -0.3 is 23.7 Å². The normalized spacial score (nSPS) is 42.3. The highest BCUT2D eigenvalue weighted by molar-refractivity contribution is 7.73. The standard InChI is InChI=1S/C23H28O11S/c1-8(2)21(25)31-7-14(24)32-19-11-6-12-16(23(27)34-20(12)19)15(11)22(26)33-17-9-4-10(18(17)30-3)13(5-9)35(28)29/h9-13,15-20,35H,1,4-7H2,2-3H3. The monoisotopic (exact) mass is 512 g/mol. The fourth-order valence-electron chi connectivity index (χ4n) is 7.05. The van der Waals surface area contributed by atoms with Gasteiger partial charge in [-0.25, -0.2) is 18.0 Å². The van der Waals surface area contributed by atoms with E-state index in [1.807, 2.05) is 0 Å². The second kappa shape index (κ2) is 8.88. The molecule has 12 heteroatoms. The predicted molar refractivity (Wildman–Crippen MR) is 115 cm³/mol. The van der Waals surface area contributed by atoms with E-state index >= 15 is 0 Å². The molecule has 0 radical (unpaired) electrons. The Morgan fingerprint density at radius 3 is 2.43 bits per heavy atom. The van der Waals surface area contributed by atoms with E-state index in [2.05, 4.69) is 6.58 Å². The van der Waals surface area contributed by atoms with Crippen LogP contribution in [-0.2, 0) is 53.6 Å². The van der Waals surface area contributed by atoms with Gasteiger partial charge in [0, 0.05) is 36.4 Å². The van der Waals surface area contributed by atoms with Crippen molar-refractivity contribution in [2.75, 3.05) is 13.7 Å². The van der Waals surface area contributed by atoms with Crippen LogP contribution in [0.25, 0.3) is 0 Å². The lowest BCUT2D eigenvalue weighted by Gasteiger charge is -2.35. The molecule has 11 atom stereocenters. The van der Waals surface area contributed by atoms with Gasteiger partial charge in [0.1, 0.15) is 29.0 Å². The SMILES string of the molecule is C=C(C)C(=O)OCC(=O)OC1C2CC3C1OC(=O)C3C2C(=O)OC1C2CC(C1OC)C([SH](=O)=O)C2. The van der Waals surface area contributed by atoms with Crippen LogP contribution in [-0.4, -0.2) is 75.7 Å². The lowest BCUT2D eigenvalue weighted by atomic mass is 9.78. The number of carbonyl (C=O) groups excluding carboxylic acids is 4. The fraction of sp³-hybridized carbons (Fsp3) is 0.739. The molecule has 5 fully saturated rings. The average molecular weight is 513 g/mol. The minimum absolute atomic E-state index is 0.134. The molecule has 1 aliphatic heterocycles. The molecule has 35 heavy (non-hydrogen) atoms. The van der Waals surface area contributed by atoms with Crippen molar-refractivity contribution in [1.29, 1.82) is 0 Å². The molecule has 0 N–H and O–H groups in total. The molecule has 5 aliphatic rings. The van der Waals surface area contributed by atoms with Gasteiger partial charge in [-0.2, -0.15) is 0 Å². The molecule has 0 aromatic rings. The lowest BCUT2D eigenvalue weighted by molar-refractivity contribution is -0.176. The summed E-state index contributed by atoms with van der Waals surface area (Å²) in [6.45, 7) is 4.27. The third-order valence-corrected chi connectivity index (χ3v) is 9.51. The summed E-state index contributed by atoms with van der Waals surface area (Å²) in [5.41, 5.74) is 0.136. The summed E-state index contributed by atoms with van der Waals surface area (Å²) in [6.07, 6.45) is -1.15. The Bertz CT molecular complexity index is 1040. The molecule has 4 aliphatic carbocycles. The number of fused-ring (bicyclic) bond motifs is 3. The van der Waals surface area contributed by atoms with Gasteiger partial charge in [-0.05, 0) is 26.2 Å². The molecule has 0 aromatic carbocycles. The summed E-state index contributed by atoms with van der Waals surface area (Å²) in [6, 6.07) is 0. The number of hydrogen-bond donors (Lipinski definition) is 1. The molecular formula is C23H28O11S. The van der Waals surface area contributed by atoms with E-state index in [9.17, 15) is 27.6 Å². The van der Waals surface area contributed by atoms with Crippen LogP contribution in [0.15, 0.2) is 12.2 Å². The summed E-state index contributed by atoms with van der Waals surface area (Å²) in [5.74, 6) is -5.27. The second-order valence-electron chi connectivity index (χ2n) is 10.2. The quantitative estimate of drug-likeness (QED) is 0.199. The molecule has 192 valence electrons.